The summed E-state index contributed by atoms with van der Waals surface area (Å²) in [4.78, 5) is 6.82. The summed E-state index contributed by atoms with van der Waals surface area (Å²) < 4.78 is 1.82. The van der Waals surface area contributed by atoms with Crippen LogP contribution in [0.5, 0.6) is 0 Å². The second kappa shape index (κ2) is 13.3. The van der Waals surface area contributed by atoms with Crippen molar-refractivity contribution in [3.8, 4) is 0 Å². The third-order valence-electron chi connectivity index (χ3n) is 4.50. The number of guanidine groups is 1. The Labute approximate surface area is 182 Å². The van der Waals surface area contributed by atoms with Crippen molar-refractivity contribution in [1.29, 1.82) is 0 Å². The van der Waals surface area contributed by atoms with E-state index in [1.807, 2.05) is 31.0 Å². The first-order valence-electron chi connectivity index (χ1n) is 9.74. The molecule has 0 aliphatic carbocycles. The van der Waals surface area contributed by atoms with Gasteiger partial charge < -0.3 is 20.6 Å². The SMILES string of the molecule is CCCC(O)(CCC)CN=C(NCC)NCC(c1cnn(C)c1)N(C)C.I. The maximum Gasteiger partial charge on any atom is 0.191 e. The number of nitrogens with zero attached hydrogens (tertiary/aromatic N) is 4. The highest BCUT2D eigenvalue weighted by molar-refractivity contribution is 14.0. The monoisotopic (exact) mass is 494 g/mol. The van der Waals surface area contributed by atoms with Crippen LogP contribution in [0.3, 0.4) is 0 Å². The van der Waals surface area contributed by atoms with Crippen molar-refractivity contribution >= 4 is 29.9 Å². The Bertz CT molecular complexity index is 540. The predicted octanol–water partition coefficient (Wildman–Crippen LogP) is 2.53. The van der Waals surface area contributed by atoms with Crippen LogP contribution < -0.4 is 10.6 Å². The number of rotatable bonds is 11. The second-order valence-electron chi connectivity index (χ2n) is 7.23. The lowest BCUT2D eigenvalue weighted by atomic mass is 9.93. The fraction of sp³-hybridized carbons (Fsp3) is 0.789. The molecule has 0 aromatic carbocycles. The standard InChI is InChI=1S/C19H38N6O.HI/c1-7-10-19(26,11-8-2)15-22-18(20-9-3)21-13-17(24(4)5)16-12-23-25(6)14-16;/h12,14,17,26H,7-11,13,15H2,1-6H3,(H2,20,21,22);1H. The minimum atomic E-state index is -0.712. The lowest BCUT2D eigenvalue weighted by molar-refractivity contribution is 0.0306. The van der Waals surface area contributed by atoms with E-state index in [-0.39, 0.29) is 30.0 Å². The van der Waals surface area contributed by atoms with Crippen molar-refractivity contribution in [2.24, 2.45) is 12.0 Å². The van der Waals surface area contributed by atoms with Gasteiger partial charge in [-0.2, -0.15) is 5.10 Å². The van der Waals surface area contributed by atoms with Crippen LogP contribution in [0.2, 0.25) is 0 Å². The zero-order valence-electron chi connectivity index (χ0n) is 17.8. The van der Waals surface area contributed by atoms with E-state index in [4.69, 9.17) is 0 Å². The number of hydrogen-bond donors (Lipinski definition) is 3. The lowest BCUT2D eigenvalue weighted by Crippen LogP contribution is -2.43. The van der Waals surface area contributed by atoms with Crippen molar-refractivity contribution in [1.82, 2.24) is 25.3 Å². The molecule has 0 bridgehead atoms. The minimum Gasteiger partial charge on any atom is -0.388 e. The van der Waals surface area contributed by atoms with E-state index in [9.17, 15) is 5.11 Å². The number of aryl methyl sites for hydroxylation is 1. The topological polar surface area (TPSA) is 77.7 Å². The zero-order chi connectivity index (χ0) is 19.6. The first-order valence-corrected chi connectivity index (χ1v) is 9.74. The van der Waals surface area contributed by atoms with Crippen LogP contribution >= 0.6 is 24.0 Å². The van der Waals surface area contributed by atoms with Gasteiger partial charge in [-0.25, -0.2) is 0 Å². The van der Waals surface area contributed by atoms with Crippen LogP contribution in [0, 0.1) is 0 Å². The van der Waals surface area contributed by atoms with Crippen LogP contribution in [-0.4, -0.2) is 65.1 Å². The smallest absolute Gasteiger partial charge is 0.191 e. The third kappa shape index (κ3) is 9.25. The van der Waals surface area contributed by atoms with Gasteiger partial charge in [-0.15, -0.1) is 24.0 Å². The Balaban J connectivity index is 0.00000676. The summed E-state index contributed by atoms with van der Waals surface area (Å²) in [7, 11) is 6.05. The summed E-state index contributed by atoms with van der Waals surface area (Å²) in [6, 6.07) is 0.192. The summed E-state index contributed by atoms with van der Waals surface area (Å²) in [5, 5.41) is 21.8. The Morgan fingerprint density at radius 2 is 1.89 bits per heavy atom. The van der Waals surface area contributed by atoms with Crippen LogP contribution in [0.4, 0.5) is 0 Å². The molecule has 158 valence electrons. The molecule has 0 saturated carbocycles. The van der Waals surface area contributed by atoms with Crippen molar-refractivity contribution in [3.05, 3.63) is 18.0 Å². The number of hydrogen-bond acceptors (Lipinski definition) is 4. The quantitative estimate of drug-likeness (QED) is 0.251. The van der Waals surface area contributed by atoms with Gasteiger partial charge in [0.1, 0.15) is 0 Å². The molecule has 0 spiro atoms. The van der Waals surface area contributed by atoms with Gasteiger partial charge in [0.25, 0.3) is 0 Å². The molecule has 1 heterocycles. The summed E-state index contributed by atoms with van der Waals surface area (Å²) in [6.07, 6.45) is 7.41. The Morgan fingerprint density at radius 1 is 1.26 bits per heavy atom. The molecule has 1 aromatic rings. The van der Waals surface area contributed by atoms with E-state index < -0.39 is 5.60 Å². The van der Waals surface area contributed by atoms with Crippen molar-refractivity contribution in [3.63, 3.8) is 0 Å². The second-order valence-corrected chi connectivity index (χ2v) is 7.23. The maximum atomic E-state index is 10.8. The Kier molecular flexibility index (Phi) is 12.9. The highest BCUT2D eigenvalue weighted by atomic mass is 127. The maximum absolute atomic E-state index is 10.8. The molecule has 1 aromatic heterocycles. The van der Waals surface area contributed by atoms with E-state index in [0.29, 0.717) is 13.1 Å². The van der Waals surface area contributed by atoms with E-state index in [1.54, 1.807) is 0 Å². The zero-order valence-corrected chi connectivity index (χ0v) is 20.2. The predicted molar refractivity (Wildman–Crippen MR) is 124 cm³/mol. The normalized spacial score (nSPS) is 13.4. The number of nitrogens with one attached hydrogen (secondary N) is 2. The van der Waals surface area contributed by atoms with Gasteiger partial charge in [0, 0.05) is 31.9 Å². The van der Waals surface area contributed by atoms with E-state index in [1.165, 1.54) is 0 Å². The van der Waals surface area contributed by atoms with Gasteiger partial charge in [0.15, 0.2) is 5.96 Å². The largest absolute Gasteiger partial charge is 0.388 e. The molecule has 8 heteroatoms. The number of aliphatic imine (C=N–C) groups is 1. The first-order chi connectivity index (χ1) is 12.3. The van der Waals surface area contributed by atoms with E-state index >= 15 is 0 Å². The molecule has 0 fully saturated rings. The highest BCUT2D eigenvalue weighted by Gasteiger charge is 2.24. The van der Waals surface area contributed by atoms with Gasteiger partial charge >= 0.3 is 0 Å². The molecule has 0 amide bonds. The molecular formula is C19H39IN6O. The van der Waals surface area contributed by atoms with Gasteiger partial charge in [-0.05, 0) is 33.9 Å². The summed E-state index contributed by atoms with van der Waals surface area (Å²) >= 11 is 0. The molecule has 0 aliphatic rings. The summed E-state index contributed by atoms with van der Waals surface area (Å²) in [5.41, 5.74) is 0.449. The third-order valence-corrected chi connectivity index (χ3v) is 4.50. The van der Waals surface area contributed by atoms with Crippen molar-refractivity contribution < 1.29 is 5.11 Å². The lowest BCUT2D eigenvalue weighted by Gasteiger charge is -2.27. The summed E-state index contributed by atoms with van der Waals surface area (Å²) in [6.45, 7) is 8.16. The van der Waals surface area contributed by atoms with Crippen LogP contribution in [0.25, 0.3) is 0 Å². The van der Waals surface area contributed by atoms with Gasteiger partial charge in [0.05, 0.1) is 24.4 Å². The Morgan fingerprint density at radius 3 is 2.33 bits per heavy atom. The average Bonchev–Trinajstić information content (AvgIpc) is 2.99. The highest BCUT2D eigenvalue weighted by Crippen LogP contribution is 2.20. The van der Waals surface area contributed by atoms with E-state index in [0.717, 1.165) is 43.8 Å². The van der Waals surface area contributed by atoms with Crippen LogP contribution in [0.1, 0.15) is 58.1 Å². The van der Waals surface area contributed by atoms with Crippen molar-refractivity contribution in [2.45, 2.75) is 58.1 Å². The average molecular weight is 494 g/mol. The molecule has 1 atom stereocenters. The number of halogens is 1. The Hall–Kier alpha value is -0.870. The van der Waals surface area contributed by atoms with Gasteiger partial charge in [-0.1, -0.05) is 26.7 Å². The molecular weight excluding hydrogens is 455 g/mol. The van der Waals surface area contributed by atoms with Gasteiger partial charge in [0.2, 0.25) is 0 Å². The van der Waals surface area contributed by atoms with Gasteiger partial charge in [-0.3, -0.25) is 9.67 Å². The fourth-order valence-corrected chi connectivity index (χ4v) is 3.19. The fourth-order valence-electron chi connectivity index (χ4n) is 3.19. The van der Waals surface area contributed by atoms with Crippen LogP contribution in [0.15, 0.2) is 17.4 Å². The van der Waals surface area contributed by atoms with Crippen LogP contribution in [-0.2, 0) is 7.05 Å². The first kappa shape index (κ1) is 26.1. The number of likely N-dealkylation sites (N-methyl/N-ethyl adjacent to an activating group) is 1. The molecule has 7 nitrogen and oxygen atoms in total. The molecule has 1 unspecified atom stereocenters. The molecule has 1 rings (SSSR count). The summed E-state index contributed by atoms with van der Waals surface area (Å²) in [5.74, 6) is 0.744. The molecule has 0 saturated heterocycles. The molecule has 3 N–H and O–H groups in total. The minimum absolute atomic E-state index is 0. The number of aliphatic hydroxyl groups is 1. The number of aromatic nitrogens is 2. The molecule has 0 radical (unpaired) electrons. The van der Waals surface area contributed by atoms with E-state index in [2.05, 4.69) is 53.6 Å². The molecule has 0 aliphatic heterocycles. The van der Waals surface area contributed by atoms with Crippen molar-refractivity contribution in [2.75, 3.05) is 33.7 Å². The molecule has 27 heavy (non-hydrogen) atoms.